The van der Waals surface area contributed by atoms with E-state index in [0.717, 1.165) is 10.0 Å². The van der Waals surface area contributed by atoms with Crippen LogP contribution >= 0.6 is 15.9 Å². The Morgan fingerprint density at radius 2 is 2.24 bits per heavy atom. The van der Waals surface area contributed by atoms with Gasteiger partial charge < -0.3 is 14.2 Å². The number of ether oxygens (including phenoxy) is 3. The van der Waals surface area contributed by atoms with Crippen LogP contribution in [0.5, 0.6) is 11.5 Å². The minimum atomic E-state index is -0.627. The number of nitrogens with one attached hydrogen (secondary N) is 1. The van der Waals surface area contributed by atoms with Crippen molar-refractivity contribution in [1.82, 2.24) is 5.43 Å². The lowest BCUT2D eigenvalue weighted by Crippen LogP contribution is -2.16. The summed E-state index contributed by atoms with van der Waals surface area (Å²) in [5.74, 6) is 1.32. The predicted molar refractivity (Wildman–Crippen MR) is 63.4 cm³/mol. The summed E-state index contributed by atoms with van der Waals surface area (Å²) in [4.78, 5) is 10.8. The molecule has 0 saturated heterocycles. The Bertz CT molecular complexity index is 476. The van der Waals surface area contributed by atoms with Crippen LogP contribution in [-0.2, 0) is 4.74 Å². The molecule has 1 N–H and O–H groups in total. The van der Waals surface area contributed by atoms with Crippen molar-refractivity contribution in [3.8, 4) is 11.5 Å². The van der Waals surface area contributed by atoms with E-state index in [0.29, 0.717) is 11.5 Å². The molecule has 0 spiro atoms. The average molecular weight is 301 g/mol. The number of benzene rings is 1. The molecule has 0 aliphatic carbocycles. The third kappa shape index (κ3) is 2.68. The molecule has 0 bridgehead atoms. The molecule has 1 aromatic rings. The maximum atomic E-state index is 10.8. The van der Waals surface area contributed by atoms with Gasteiger partial charge in [0.25, 0.3) is 0 Å². The molecule has 2 rings (SSSR count). The number of hydrazone groups is 1. The molecule has 7 heteroatoms. The number of fused-ring (bicyclic) bond motifs is 1. The molecule has 6 nitrogen and oxygen atoms in total. The Hall–Kier alpha value is -1.76. The number of rotatable bonds is 2. The van der Waals surface area contributed by atoms with Crippen LogP contribution < -0.4 is 14.9 Å². The highest BCUT2D eigenvalue weighted by molar-refractivity contribution is 9.10. The third-order valence-electron chi connectivity index (χ3n) is 2.04. The normalized spacial score (nSPS) is 12.8. The van der Waals surface area contributed by atoms with E-state index in [1.54, 1.807) is 12.1 Å². The number of hydrogen-bond donors (Lipinski definition) is 1. The van der Waals surface area contributed by atoms with Gasteiger partial charge in [0.2, 0.25) is 6.79 Å². The van der Waals surface area contributed by atoms with Crippen molar-refractivity contribution in [2.45, 2.75) is 0 Å². The van der Waals surface area contributed by atoms with Gasteiger partial charge in [0.1, 0.15) is 0 Å². The number of carbonyl (C=O) groups is 1. The summed E-state index contributed by atoms with van der Waals surface area (Å²) in [7, 11) is 1.27. The van der Waals surface area contributed by atoms with Crippen LogP contribution in [0, 0.1) is 0 Å². The molecule has 17 heavy (non-hydrogen) atoms. The van der Waals surface area contributed by atoms with Crippen LogP contribution in [-0.4, -0.2) is 26.2 Å². The summed E-state index contributed by atoms with van der Waals surface area (Å²) in [5, 5.41) is 3.72. The fourth-order valence-electron chi connectivity index (χ4n) is 1.23. The van der Waals surface area contributed by atoms with E-state index in [1.165, 1.54) is 13.3 Å². The van der Waals surface area contributed by atoms with Crippen molar-refractivity contribution in [1.29, 1.82) is 0 Å². The van der Waals surface area contributed by atoms with Crippen molar-refractivity contribution >= 4 is 28.2 Å². The lowest BCUT2D eigenvalue weighted by Gasteiger charge is -2.01. The zero-order chi connectivity index (χ0) is 12.3. The highest BCUT2D eigenvalue weighted by Gasteiger charge is 2.15. The van der Waals surface area contributed by atoms with Crippen molar-refractivity contribution in [2.75, 3.05) is 13.9 Å². The Morgan fingerprint density at radius 1 is 1.53 bits per heavy atom. The standard InChI is InChI=1S/C10H9BrN2O4/c1-15-10(14)13-12-4-6-2-8-9(3-7(6)11)17-5-16-8/h2-4H,5H2,1H3,(H,13,14)/b12-4-. The molecule has 1 amide bonds. The molecule has 1 aromatic carbocycles. The lowest BCUT2D eigenvalue weighted by atomic mass is 10.2. The number of carbonyl (C=O) groups excluding carboxylic acids is 1. The zero-order valence-corrected chi connectivity index (χ0v) is 10.5. The molecule has 0 aromatic heterocycles. The first kappa shape index (κ1) is 11.7. The number of halogens is 1. The number of amides is 1. The topological polar surface area (TPSA) is 69.2 Å². The number of methoxy groups -OCH3 is 1. The summed E-state index contributed by atoms with van der Waals surface area (Å²) in [6, 6.07) is 3.54. The Morgan fingerprint density at radius 3 is 2.94 bits per heavy atom. The van der Waals surface area contributed by atoms with E-state index in [-0.39, 0.29) is 6.79 Å². The van der Waals surface area contributed by atoms with Gasteiger partial charge in [0.05, 0.1) is 13.3 Å². The van der Waals surface area contributed by atoms with Gasteiger partial charge in [-0.25, -0.2) is 10.2 Å². The third-order valence-corrected chi connectivity index (χ3v) is 2.72. The second-order valence-electron chi connectivity index (χ2n) is 3.09. The summed E-state index contributed by atoms with van der Waals surface area (Å²) in [5.41, 5.74) is 2.95. The van der Waals surface area contributed by atoms with Gasteiger partial charge in [-0.2, -0.15) is 5.10 Å². The van der Waals surface area contributed by atoms with E-state index in [1.807, 2.05) is 0 Å². The van der Waals surface area contributed by atoms with Gasteiger partial charge in [-0.1, -0.05) is 0 Å². The lowest BCUT2D eigenvalue weighted by molar-refractivity contribution is 0.171. The summed E-state index contributed by atoms with van der Waals surface area (Å²) in [6.07, 6.45) is 0.848. The second kappa shape index (κ2) is 5.05. The fourth-order valence-corrected chi connectivity index (χ4v) is 1.66. The van der Waals surface area contributed by atoms with Crippen molar-refractivity contribution in [3.63, 3.8) is 0 Å². The largest absolute Gasteiger partial charge is 0.454 e. The molecule has 0 fully saturated rings. The van der Waals surface area contributed by atoms with E-state index in [2.05, 4.69) is 31.2 Å². The van der Waals surface area contributed by atoms with Gasteiger partial charge in [0.15, 0.2) is 11.5 Å². The van der Waals surface area contributed by atoms with Crippen LogP contribution in [0.3, 0.4) is 0 Å². The van der Waals surface area contributed by atoms with Gasteiger partial charge in [-0.05, 0) is 28.1 Å². The quantitative estimate of drug-likeness (QED) is 0.669. The van der Waals surface area contributed by atoms with Gasteiger partial charge in [0, 0.05) is 10.0 Å². The van der Waals surface area contributed by atoms with Crippen molar-refractivity contribution < 1.29 is 19.0 Å². The number of hydrogen-bond acceptors (Lipinski definition) is 5. The molecule has 1 aliphatic rings. The molecular formula is C10H9BrN2O4. The summed E-state index contributed by atoms with van der Waals surface area (Å²) in [6.45, 7) is 0.211. The Balaban J connectivity index is 2.13. The van der Waals surface area contributed by atoms with Gasteiger partial charge in [-0.15, -0.1) is 0 Å². The zero-order valence-electron chi connectivity index (χ0n) is 8.90. The van der Waals surface area contributed by atoms with E-state index >= 15 is 0 Å². The van der Waals surface area contributed by atoms with E-state index < -0.39 is 6.09 Å². The van der Waals surface area contributed by atoms with Gasteiger partial charge in [-0.3, -0.25) is 0 Å². The smallest absolute Gasteiger partial charge is 0.427 e. The maximum absolute atomic E-state index is 10.8. The molecule has 0 radical (unpaired) electrons. The minimum Gasteiger partial charge on any atom is -0.454 e. The second-order valence-corrected chi connectivity index (χ2v) is 3.94. The van der Waals surface area contributed by atoms with Crippen molar-refractivity contribution in [2.24, 2.45) is 5.10 Å². The minimum absolute atomic E-state index is 0.211. The maximum Gasteiger partial charge on any atom is 0.427 e. The average Bonchev–Trinajstić information content (AvgIpc) is 2.76. The highest BCUT2D eigenvalue weighted by atomic mass is 79.9. The molecular weight excluding hydrogens is 292 g/mol. The van der Waals surface area contributed by atoms with Crippen LogP contribution in [0.15, 0.2) is 21.7 Å². The molecule has 0 atom stereocenters. The van der Waals surface area contributed by atoms with Crippen LogP contribution in [0.25, 0.3) is 0 Å². The number of nitrogens with zero attached hydrogens (tertiary/aromatic N) is 1. The monoisotopic (exact) mass is 300 g/mol. The molecule has 90 valence electrons. The first-order valence-electron chi connectivity index (χ1n) is 4.67. The first-order valence-corrected chi connectivity index (χ1v) is 5.46. The summed E-state index contributed by atoms with van der Waals surface area (Å²) < 4.78 is 15.6. The predicted octanol–water partition coefficient (Wildman–Crippen LogP) is 1.87. The summed E-state index contributed by atoms with van der Waals surface area (Å²) >= 11 is 3.36. The van der Waals surface area contributed by atoms with Crippen molar-refractivity contribution in [3.05, 3.63) is 22.2 Å². The fraction of sp³-hybridized carbons (Fsp3) is 0.200. The SMILES string of the molecule is COC(=O)N/N=C\c1cc2c(cc1Br)OCO2. The van der Waals surface area contributed by atoms with Crippen LogP contribution in [0.4, 0.5) is 4.79 Å². The Labute approximate surface area is 106 Å². The van der Waals surface area contributed by atoms with E-state index in [4.69, 9.17) is 9.47 Å². The van der Waals surface area contributed by atoms with Gasteiger partial charge >= 0.3 is 6.09 Å². The molecule has 1 heterocycles. The van der Waals surface area contributed by atoms with Crippen LogP contribution in [0.2, 0.25) is 0 Å². The Kier molecular flexibility index (Phi) is 3.48. The molecule has 0 saturated carbocycles. The molecule has 0 unspecified atom stereocenters. The highest BCUT2D eigenvalue weighted by Crippen LogP contribution is 2.36. The molecule has 1 aliphatic heterocycles. The van der Waals surface area contributed by atoms with Crippen LogP contribution in [0.1, 0.15) is 5.56 Å². The first-order chi connectivity index (χ1) is 8.20. The van der Waals surface area contributed by atoms with E-state index in [9.17, 15) is 4.79 Å².